The van der Waals surface area contributed by atoms with Gasteiger partial charge in [0.05, 0.1) is 0 Å². The van der Waals surface area contributed by atoms with E-state index in [1.807, 2.05) is 0 Å². The average Bonchev–Trinajstić information content (AvgIpc) is 1.80. The molecule has 0 unspecified atom stereocenters. The van der Waals surface area contributed by atoms with Crippen LogP contribution in [0, 0.1) is 0 Å². The number of carbonyl (C=O) groups is 1. The van der Waals surface area contributed by atoms with E-state index < -0.39 is 0 Å². The van der Waals surface area contributed by atoms with Crippen LogP contribution >= 0.6 is 0 Å². The second-order valence-corrected chi connectivity index (χ2v) is 1.48. The van der Waals surface area contributed by atoms with E-state index in [2.05, 4.69) is 4.74 Å². The van der Waals surface area contributed by atoms with Gasteiger partial charge in [0.1, 0.15) is 6.61 Å². The topological polar surface area (TPSA) is 50.1 Å². The monoisotopic (exact) mass is 128 g/mol. The highest BCUT2D eigenvalue weighted by Gasteiger charge is 1.84. The van der Waals surface area contributed by atoms with Crippen LogP contribution in [0.2, 0.25) is 0 Å². The van der Waals surface area contributed by atoms with Crippen molar-refractivity contribution in [3.8, 4) is 0 Å². The number of esters is 1. The summed E-state index contributed by atoms with van der Waals surface area (Å²) in [7, 11) is 0. The molecule has 0 aromatic rings. The number of nitrogens with one attached hydrogen (secondary N) is 1. The van der Waals surface area contributed by atoms with E-state index >= 15 is 0 Å². The summed E-state index contributed by atoms with van der Waals surface area (Å²) < 4.78 is 4.53. The molecule has 0 rings (SSSR count). The van der Waals surface area contributed by atoms with Gasteiger partial charge in [-0.1, -0.05) is 6.08 Å². The fourth-order valence-corrected chi connectivity index (χ4v) is 0.317. The lowest BCUT2D eigenvalue weighted by molar-refractivity contribution is -0.139. The minimum atomic E-state index is -0.287. The zero-order chi connectivity index (χ0) is 7.11. The van der Waals surface area contributed by atoms with Crippen molar-refractivity contribution >= 4 is 5.97 Å². The summed E-state index contributed by atoms with van der Waals surface area (Å²) in [5.74, 6) is -0.287. The van der Waals surface area contributed by atoms with E-state index in [0.717, 1.165) is 0 Å². The summed E-state index contributed by atoms with van der Waals surface area (Å²) >= 11 is 0. The molecule has 0 amide bonds. The number of hydrogen-bond acceptors (Lipinski definition) is 2. The molecule has 0 saturated heterocycles. The van der Waals surface area contributed by atoms with E-state index in [-0.39, 0.29) is 19.1 Å². The van der Waals surface area contributed by atoms with Crippen molar-refractivity contribution in [2.24, 2.45) is 0 Å². The Kier molecular flexibility index (Phi) is 4.82. The first-order chi connectivity index (χ1) is 4.27. The maximum atomic E-state index is 10.1. The number of hydrogen-bond donors (Lipinski definition) is 0. The molecule has 0 aliphatic rings. The second kappa shape index (κ2) is 5.31. The van der Waals surface area contributed by atoms with Crippen LogP contribution in [0.25, 0.3) is 0 Å². The van der Waals surface area contributed by atoms with Crippen LogP contribution < -0.4 is 5.73 Å². The Bertz CT molecular complexity index is 110. The van der Waals surface area contributed by atoms with Crippen molar-refractivity contribution in [2.75, 3.05) is 13.2 Å². The highest BCUT2D eigenvalue weighted by atomic mass is 16.5. The molecule has 0 aliphatic heterocycles. The molecular weight excluding hydrogens is 118 g/mol. The summed E-state index contributed by atoms with van der Waals surface area (Å²) in [6, 6.07) is 0. The first kappa shape index (κ1) is 8.17. The molecule has 51 valence electrons. The lowest BCUT2D eigenvalue weighted by atomic mass is 10.5. The van der Waals surface area contributed by atoms with Gasteiger partial charge >= 0.3 is 5.97 Å². The van der Waals surface area contributed by atoms with Gasteiger partial charge in [0.2, 0.25) is 0 Å². The molecule has 0 fully saturated rings. The first-order valence-electron chi connectivity index (χ1n) is 2.70. The molecule has 3 nitrogen and oxygen atoms in total. The van der Waals surface area contributed by atoms with Crippen molar-refractivity contribution in [1.82, 2.24) is 5.73 Å². The van der Waals surface area contributed by atoms with Gasteiger partial charge in [-0.25, -0.2) is 0 Å². The van der Waals surface area contributed by atoms with E-state index in [0.29, 0.717) is 0 Å². The zero-order valence-electron chi connectivity index (χ0n) is 5.39. The Labute approximate surface area is 54.5 Å². The maximum Gasteiger partial charge on any atom is 0.302 e. The van der Waals surface area contributed by atoms with Crippen LogP contribution in [0.15, 0.2) is 12.2 Å². The van der Waals surface area contributed by atoms with Crippen LogP contribution in [-0.4, -0.2) is 19.1 Å². The van der Waals surface area contributed by atoms with Crippen molar-refractivity contribution in [3.05, 3.63) is 12.2 Å². The Morgan fingerprint density at radius 2 is 2.33 bits per heavy atom. The number of rotatable bonds is 3. The van der Waals surface area contributed by atoms with Gasteiger partial charge in [-0.05, 0) is 6.08 Å². The Morgan fingerprint density at radius 1 is 1.67 bits per heavy atom. The largest absolute Gasteiger partial charge is 0.462 e. The van der Waals surface area contributed by atoms with E-state index in [4.69, 9.17) is 5.73 Å². The predicted octanol–water partition coefficient (Wildman–Crippen LogP) is 0.389. The maximum absolute atomic E-state index is 10.1. The third kappa shape index (κ3) is 7.17. The zero-order valence-corrected chi connectivity index (χ0v) is 5.39. The summed E-state index contributed by atoms with van der Waals surface area (Å²) in [6.45, 7) is 1.88. The van der Waals surface area contributed by atoms with Gasteiger partial charge in [-0.2, -0.15) is 0 Å². The SMILES string of the molecule is CC(=O)OCC=CC[NH]. The molecule has 0 heterocycles. The predicted molar refractivity (Wildman–Crippen MR) is 33.7 cm³/mol. The van der Waals surface area contributed by atoms with E-state index in [1.165, 1.54) is 6.92 Å². The van der Waals surface area contributed by atoms with Crippen LogP contribution in [0.3, 0.4) is 0 Å². The Balaban J connectivity index is 3.09. The van der Waals surface area contributed by atoms with Gasteiger partial charge in [-0.15, -0.1) is 0 Å². The molecule has 0 aromatic carbocycles. The summed E-state index contributed by atoms with van der Waals surface area (Å²) in [5, 5.41) is 0. The normalized spacial score (nSPS) is 10.0. The van der Waals surface area contributed by atoms with Crippen molar-refractivity contribution in [2.45, 2.75) is 6.92 Å². The molecule has 9 heavy (non-hydrogen) atoms. The van der Waals surface area contributed by atoms with Gasteiger partial charge in [-0.3, -0.25) is 10.5 Å². The molecule has 0 bridgehead atoms. The van der Waals surface area contributed by atoms with Crippen molar-refractivity contribution in [3.63, 3.8) is 0 Å². The minimum Gasteiger partial charge on any atom is -0.462 e. The molecule has 3 heteroatoms. The first-order valence-corrected chi connectivity index (χ1v) is 2.70. The van der Waals surface area contributed by atoms with Crippen LogP contribution in [0.4, 0.5) is 0 Å². The van der Waals surface area contributed by atoms with Gasteiger partial charge < -0.3 is 4.74 Å². The van der Waals surface area contributed by atoms with Crippen LogP contribution in [-0.2, 0) is 9.53 Å². The molecule has 0 aromatic heterocycles. The van der Waals surface area contributed by atoms with Gasteiger partial charge in [0.15, 0.2) is 0 Å². The van der Waals surface area contributed by atoms with E-state index in [1.54, 1.807) is 12.2 Å². The number of carbonyl (C=O) groups excluding carboxylic acids is 1. The molecule has 0 spiro atoms. The third-order valence-corrected chi connectivity index (χ3v) is 0.667. The highest BCUT2D eigenvalue weighted by Crippen LogP contribution is 1.77. The fourth-order valence-electron chi connectivity index (χ4n) is 0.317. The molecule has 0 atom stereocenters. The van der Waals surface area contributed by atoms with E-state index in [9.17, 15) is 4.79 Å². The lowest BCUT2D eigenvalue weighted by Crippen LogP contribution is -1.97. The molecule has 1 N–H and O–H groups in total. The standard InChI is InChI=1S/C6H10NO2/c1-6(8)9-5-3-2-4-7/h2-3,7H,4-5H2,1H3. The van der Waals surface area contributed by atoms with Crippen molar-refractivity contribution in [1.29, 1.82) is 0 Å². The van der Waals surface area contributed by atoms with Crippen LogP contribution in [0.5, 0.6) is 0 Å². The summed E-state index contributed by atoms with van der Waals surface area (Å²) in [4.78, 5) is 10.1. The highest BCUT2D eigenvalue weighted by molar-refractivity contribution is 5.65. The van der Waals surface area contributed by atoms with Gasteiger partial charge in [0.25, 0.3) is 0 Å². The average molecular weight is 128 g/mol. The summed E-state index contributed by atoms with van der Waals surface area (Å²) in [6.07, 6.45) is 3.28. The lowest BCUT2D eigenvalue weighted by Gasteiger charge is -1.92. The number of ether oxygens (including phenoxy) is 1. The minimum absolute atomic E-state index is 0.237. The summed E-state index contributed by atoms with van der Waals surface area (Å²) in [5.41, 5.74) is 6.66. The second-order valence-electron chi connectivity index (χ2n) is 1.48. The Morgan fingerprint density at radius 3 is 2.78 bits per heavy atom. The molecule has 1 radical (unpaired) electrons. The Hall–Kier alpha value is -0.830. The molecule has 0 aliphatic carbocycles. The van der Waals surface area contributed by atoms with Crippen molar-refractivity contribution < 1.29 is 9.53 Å². The quantitative estimate of drug-likeness (QED) is 0.407. The van der Waals surface area contributed by atoms with Gasteiger partial charge in [0, 0.05) is 13.5 Å². The van der Waals surface area contributed by atoms with Crippen LogP contribution in [0.1, 0.15) is 6.92 Å². The smallest absolute Gasteiger partial charge is 0.302 e. The molecule has 0 saturated carbocycles. The molecular formula is C6H10NO2. The third-order valence-electron chi connectivity index (χ3n) is 0.667. The fraction of sp³-hybridized carbons (Fsp3) is 0.500.